The van der Waals surface area contributed by atoms with Gasteiger partial charge in [-0.3, -0.25) is 9.69 Å². The highest BCUT2D eigenvalue weighted by Crippen LogP contribution is 2.36. The number of rotatable bonds is 11. The van der Waals surface area contributed by atoms with E-state index in [0.717, 1.165) is 17.3 Å². The van der Waals surface area contributed by atoms with E-state index in [1.807, 2.05) is 36.4 Å². The normalized spacial score (nSPS) is 15.8. The Balaban J connectivity index is 1.59. The van der Waals surface area contributed by atoms with Gasteiger partial charge in [0.1, 0.15) is 6.61 Å². The van der Waals surface area contributed by atoms with Crippen molar-refractivity contribution in [2.45, 2.75) is 17.9 Å². The van der Waals surface area contributed by atoms with Crippen LogP contribution < -0.4 is 9.47 Å². The largest absolute Gasteiger partial charge is 0.493 e. The molecule has 8 nitrogen and oxygen atoms in total. The summed E-state index contributed by atoms with van der Waals surface area (Å²) in [5, 5.41) is 0.107. The highest BCUT2D eigenvalue weighted by molar-refractivity contribution is 8.19. The molecule has 1 heterocycles. The third kappa shape index (κ3) is 6.83. The predicted octanol–water partition coefficient (Wildman–Crippen LogP) is 4.97. The van der Waals surface area contributed by atoms with Crippen molar-refractivity contribution < 1.29 is 27.4 Å². The van der Waals surface area contributed by atoms with Crippen LogP contribution in [0.15, 0.2) is 93.1 Å². The van der Waals surface area contributed by atoms with Gasteiger partial charge >= 0.3 is 0 Å². The first-order chi connectivity index (χ1) is 18.4. The maximum atomic E-state index is 13.3. The molecule has 0 atom stereocenters. The molecule has 1 aliphatic rings. The molecule has 3 aromatic carbocycles. The number of benzene rings is 3. The quantitative estimate of drug-likeness (QED) is 0.245. The van der Waals surface area contributed by atoms with Gasteiger partial charge in [0, 0.05) is 20.3 Å². The summed E-state index contributed by atoms with van der Waals surface area (Å²) in [6, 6.07) is 23.1. The zero-order valence-electron chi connectivity index (χ0n) is 21.1. The zero-order valence-corrected chi connectivity index (χ0v) is 22.7. The van der Waals surface area contributed by atoms with Gasteiger partial charge in [0.2, 0.25) is 0 Å². The van der Waals surface area contributed by atoms with E-state index in [2.05, 4.69) is 4.40 Å². The van der Waals surface area contributed by atoms with Gasteiger partial charge in [0.05, 0.1) is 16.9 Å². The van der Waals surface area contributed by atoms with Gasteiger partial charge in [-0.15, -0.1) is 4.40 Å². The Bertz CT molecular complexity index is 1420. The smallest absolute Gasteiger partial charge is 0.284 e. The van der Waals surface area contributed by atoms with Crippen molar-refractivity contribution in [3.8, 4) is 11.5 Å². The average Bonchev–Trinajstić information content (AvgIpc) is 3.21. The van der Waals surface area contributed by atoms with Crippen LogP contribution in [0.4, 0.5) is 0 Å². The summed E-state index contributed by atoms with van der Waals surface area (Å²) in [4.78, 5) is 15.1. The summed E-state index contributed by atoms with van der Waals surface area (Å²) in [7, 11) is -0.874. The number of methoxy groups -OCH3 is 2. The second-order valence-electron chi connectivity index (χ2n) is 8.26. The Morgan fingerprint density at radius 1 is 0.947 bits per heavy atom. The minimum absolute atomic E-state index is 0.0608. The fourth-order valence-electron chi connectivity index (χ4n) is 3.67. The molecule has 1 amide bonds. The summed E-state index contributed by atoms with van der Waals surface area (Å²) >= 11 is 1.02. The van der Waals surface area contributed by atoms with Gasteiger partial charge in [-0.2, -0.15) is 8.42 Å². The Labute approximate surface area is 227 Å². The lowest BCUT2D eigenvalue weighted by Gasteiger charge is -2.15. The summed E-state index contributed by atoms with van der Waals surface area (Å²) in [5.41, 5.74) is 1.73. The number of carbonyl (C=O) groups excluding carboxylic acids is 1. The fraction of sp³-hybridized carbons (Fsp3) is 0.214. The molecule has 38 heavy (non-hydrogen) atoms. The molecule has 1 aliphatic heterocycles. The van der Waals surface area contributed by atoms with E-state index < -0.39 is 10.0 Å². The van der Waals surface area contributed by atoms with E-state index >= 15 is 0 Å². The SMILES string of the molecule is COCCCN1C(=O)/C(=C/c2ccc(OCc3ccccc3)c(OC)c2)SC1=NS(=O)(=O)c1ccccc1. The monoisotopic (exact) mass is 552 g/mol. The van der Waals surface area contributed by atoms with Crippen LogP contribution in [0.25, 0.3) is 6.08 Å². The number of amidine groups is 1. The Kier molecular flexibility index (Phi) is 9.22. The lowest BCUT2D eigenvalue weighted by Crippen LogP contribution is -2.31. The summed E-state index contributed by atoms with van der Waals surface area (Å²) in [6.07, 6.45) is 2.22. The highest BCUT2D eigenvalue weighted by atomic mass is 32.2. The maximum Gasteiger partial charge on any atom is 0.284 e. The lowest BCUT2D eigenvalue weighted by atomic mass is 10.1. The first-order valence-corrected chi connectivity index (χ1v) is 14.1. The highest BCUT2D eigenvalue weighted by Gasteiger charge is 2.34. The molecule has 1 saturated heterocycles. The topological polar surface area (TPSA) is 94.5 Å². The van der Waals surface area contributed by atoms with Crippen molar-refractivity contribution in [2.75, 3.05) is 27.4 Å². The van der Waals surface area contributed by atoms with Crippen LogP contribution in [0.2, 0.25) is 0 Å². The Morgan fingerprint density at radius 2 is 1.66 bits per heavy atom. The van der Waals surface area contributed by atoms with Crippen molar-refractivity contribution in [2.24, 2.45) is 4.40 Å². The molecule has 0 spiro atoms. The molecule has 0 aliphatic carbocycles. The molecular formula is C28H28N2O6S2. The molecule has 0 aromatic heterocycles. The molecule has 3 aromatic rings. The molecule has 4 rings (SSSR count). The lowest BCUT2D eigenvalue weighted by molar-refractivity contribution is -0.122. The number of hydrogen-bond acceptors (Lipinski definition) is 7. The molecule has 0 unspecified atom stereocenters. The Morgan fingerprint density at radius 3 is 2.34 bits per heavy atom. The van der Waals surface area contributed by atoms with E-state index in [4.69, 9.17) is 14.2 Å². The van der Waals surface area contributed by atoms with Crippen molar-refractivity contribution in [3.63, 3.8) is 0 Å². The van der Waals surface area contributed by atoms with Crippen LogP contribution in [-0.2, 0) is 26.2 Å². The second-order valence-corrected chi connectivity index (χ2v) is 10.9. The molecule has 198 valence electrons. The van der Waals surface area contributed by atoms with Crippen molar-refractivity contribution in [1.29, 1.82) is 0 Å². The molecular weight excluding hydrogens is 524 g/mol. The first kappa shape index (κ1) is 27.4. The van der Waals surface area contributed by atoms with Crippen LogP contribution in [-0.4, -0.2) is 51.8 Å². The van der Waals surface area contributed by atoms with Crippen molar-refractivity contribution in [1.82, 2.24) is 4.90 Å². The third-order valence-corrected chi connectivity index (χ3v) is 7.98. The van der Waals surface area contributed by atoms with E-state index in [1.165, 1.54) is 17.0 Å². The van der Waals surface area contributed by atoms with Crippen LogP contribution in [0.5, 0.6) is 11.5 Å². The maximum absolute atomic E-state index is 13.3. The van der Waals surface area contributed by atoms with Crippen molar-refractivity contribution in [3.05, 3.63) is 94.9 Å². The van der Waals surface area contributed by atoms with E-state index in [0.29, 0.717) is 41.6 Å². The molecule has 0 N–H and O–H groups in total. The van der Waals surface area contributed by atoms with Crippen LogP contribution >= 0.6 is 11.8 Å². The number of thioether (sulfide) groups is 1. The van der Waals surface area contributed by atoms with Crippen LogP contribution in [0.3, 0.4) is 0 Å². The number of carbonyl (C=O) groups is 1. The molecule has 0 saturated carbocycles. The average molecular weight is 553 g/mol. The molecule has 1 fully saturated rings. The zero-order chi connectivity index (χ0) is 27.0. The third-order valence-electron chi connectivity index (χ3n) is 5.58. The summed E-state index contributed by atoms with van der Waals surface area (Å²) in [6.45, 7) is 1.09. The van der Waals surface area contributed by atoms with Crippen molar-refractivity contribution >= 4 is 38.9 Å². The van der Waals surface area contributed by atoms with Crippen LogP contribution in [0, 0.1) is 0 Å². The van der Waals surface area contributed by atoms with Gasteiger partial charge in [0.15, 0.2) is 16.7 Å². The van der Waals surface area contributed by atoms with E-state index in [1.54, 1.807) is 50.6 Å². The summed E-state index contributed by atoms with van der Waals surface area (Å²) < 4.78 is 46.4. The van der Waals surface area contributed by atoms with Gasteiger partial charge in [-0.25, -0.2) is 0 Å². The van der Waals surface area contributed by atoms with Crippen LogP contribution in [0.1, 0.15) is 17.5 Å². The molecule has 0 radical (unpaired) electrons. The number of sulfonamides is 1. The number of nitrogens with zero attached hydrogens (tertiary/aromatic N) is 2. The van der Waals surface area contributed by atoms with Gasteiger partial charge < -0.3 is 14.2 Å². The minimum Gasteiger partial charge on any atom is -0.493 e. The first-order valence-electron chi connectivity index (χ1n) is 11.9. The van der Waals surface area contributed by atoms with Gasteiger partial charge in [0.25, 0.3) is 15.9 Å². The van der Waals surface area contributed by atoms with E-state index in [9.17, 15) is 13.2 Å². The molecule has 0 bridgehead atoms. The number of hydrogen-bond donors (Lipinski definition) is 0. The Hall–Kier alpha value is -3.60. The number of ether oxygens (including phenoxy) is 3. The minimum atomic E-state index is -3.99. The van der Waals surface area contributed by atoms with E-state index in [-0.39, 0.29) is 22.5 Å². The summed E-state index contributed by atoms with van der Waals surface area (Å²) in [5.74, 6) is 0.765. The molecule has 10 heteroatoms. The predicted molar refractivity (Wildman–Crippen MR) is 149 cm³/mol. The fourth-order valence-corrected chi connectivity index (χ4v) is 5.90. The standard InChI is InChI=1S/C28H28N2O6S2/c1-34-17-9-16-30-27(31)26(37-28(30)29-38(32,33)23-12-7-4-8-13-23)19-22-14-15-24(25(18-22)35-2)36-20-21-10-5-3-6-11-21/h3-8,10-15,18-19H,9,16-17,20H2,1-2H3/b26-19-,29-28?. The van der Waals surface area contributed by atoms with Gasteiger partial charge in [-0.1, -0.05) is 54.6 Å². The number of amides is 1. The second kappa shape index (κ2) is 12.8. The van der Waals surface area contributed by atoms with Gasteiger partial charge in [-0.05, 0) is 59.7 Å².